The molecule has 0 aliphatic carbocycles. The highest BCUT2D eigenvalue weighted by Gasteiger charge is 2.12. The SMILES string of the molecule is CCC(CC)C(=O)NCCCOc1ccc(Cl)cc1Cl. The largest absolute Gasteiger partial charge is 0.492 e. The molecule has 0 bridgehead atoms. The molecule has 0 atom stereocenters. The van der Waals surface area contributed by atoms with E-state index >= 15 is 0 Å². The molecule has 1 amide bonds. The summed E-state index contributed by atoms with van der Waals surface area (Å²) >= 11 is 11.8. The number of rotatable bonds is 8. The van der Waals surface area contributed by atoms with Gasteiger partial charge in [-0.05, 0) is 37.5 Å². The highest BCUT2D eigenvalue weighted by Crippen LogP contribution is 2.27. The molecule has 1 aromatic rings. The fourth-order valence-corrected chi connectivity index (χ4v) is 2.32. The summed E-state index contributed by atoms with van der Waals surface area (Å²) < 4.78 is 5.54. The summed E-state index contributed by atoms with van der Waals surface area (Å²) in [6, 6.07) is 5.12. The molecule has 0 heterocycles. The van der Waals surface area contributed by atoms with Crippen LogP contribution in [0, 0.1) is 5.92 Å². The average molecular weight is 318 g/mol. The van der Waals surface area contributed by atoms with Gasteiger partial charge in [0.2, 0.25) is 5.91 Å². The number of hydrogen-bond acceptors (Lipinski definition) is 2. The second kappa shape index (κ2) is 9.09. The van der Waals surface area contributed by atoms with Gasteiger partial charge in [-0.3, -0.25) is 4.79 Å². The predicted octanol–water partition coefficient (Wildman–Crippen LogP) is 4.31. The van der Waals surface area contributed by atoms with Gasteiger partial charge in [0.15, 0.2) is 0 Å². The molecule has 0 unspecified atom stereocenters. The van der Waals surface area contributed by atoms with Crippen LogP contribution in [0.4, 0.5) is 0 Å². The molecule has 0 radical (unpaired) electrons. The lowest BCUT2D eigenvalue weighted by molar-refractivity contribution is -0.125. The van der Waals surface area contributed by atoms with Crippen LogP contribution in [0.3, 0.4) is 0 Å². The number of amides is 1. The first-order valence-electron chi connectivity index (χ1n) is 6.94. The second-order valence-corrected chi connectivity index (χ2v) is 5.42. The highest BCUT2D eigenvalue weighted by molar-refractivity contribution is 6.35. The highest BCUT2D eigenvalue weighted by atomic mass is 35.5. The second-order valence-electron chi connectivity index (χ2n) is 4.58. The van der Waals surface area contributed by atoms with Crippen LogP contribution in [0.15, 0.2) is 18.2 Å². The van der Waals surface area contributed by atoms with Gasteiger partial charge in [-0.25, -0.2) is 0 Å². The Morgan fingerprint density at radius 3 is 2.60 bits per heavy atom. The number of carbonyl (C=O) groups excluding carboxylic acids is 1. The molecule has 0 aliphatic heterocycles. The van der Waals surface area contributed by atoms with Gasteiger partial charge in [0.1, 0.15) is 5.75 Å². The van der Waals surface area contributed by atoms with Crippen molar-refractivity contribution >= 4 is 29.1 Å². The van der Waals surface area contributed by atoms with Crippen LogP contribution in [0.1, 0.15) is 33.1 Å². The van der Waals surface area contributed by atoms with Crippen molar-refractivity contribution in [3.63, 3.8) is 0 Å². The number of hydrogen-bond donors (Lipinski definition) is 1. The number of halogens is 2. The van der Waals surface area contributed by atoms with Crippen LogP contribution in [0.5, 0.6) is 5.75 Å². The molecule has 1 rings (SSSR count). The topological polar surface area (TPSA) is 38.3 Å². The van der Waals surface area contributed by atoms with E-state index in [4.69, 9.17) is 27.9 Å². The van der Waals surface area contributed by atoms with E-state index in [1.807, 2.05) is 13.8 Å². The molecular weight excluding hydrogens is 297 g/mol. The zero-order chi connectivity index (χ0) is 15.0. The van der Waals surface area contributed by atoms with Crippen molar-refractivity contribution < 1.29 is 9.53 Å². The Hall–Kier alpha value is -0.930. The van der Waals surface area contributed by atoms with Gasteiger partial charge in [-0.15, -0.1) is 0 Å². The summed E-state index contributed by atoms with van der Waals surface area (Å²) in [5.41, 5.74) is 0. The van der Waals surface area contributed by atoms with E-state index in [1.54, 1.807) is 18.2 Å². The summed E-state index contributed by atoms with van der Waals surface area (Å²) in [5, 5.41) is 4.00. The molecule has 0 spiro atoms. The summed E-state index contributed by atoms with van der Waals surface area (Å²) in [6.07, 6.45) is 2.49. The molecule has 0 saturated carbocycles. The minimum atomic E-state index is 0.113. The summed E-state index contributed by atoms with van der Waals surface area (Å²) in [7, 11) is 0. The van der Waals surface area contributed by atoms with E-state index < -0.39 is 0 Å². The van der Waals surface area contributed by atoms with Crippen molar-refractivity contribution in [3.05, 3.63) is 28.2 Å². The first-order valence-corrected chi connectivity index (χ1v) is 7.69. The molecule has 1 N–H and O–H groups in total. The maximum Gasteiger partial charge on any atom is 0.223 e. The van der Waals surface area contributed by atoms with Crippen molar-refractivity contribution in [2.75, 3.05) is 13.2 Å². The van der Waals surface area contributed by atoms with E-state index in [1.165, 1.54) is 0 Å². The maximum absolute atomic E-state index is 11.7. The molecule has 5 heteroatoms. The summed E-state index contributed by atoms with van der Waals surface area (Å²) in [4.78, 5) is 11.7. The van der Waals surface area contributed by atoms with Crippen LogP contribution >= 0.6 is 23.2 Å². The fourth-order valence-electron chi connectivity index (χ4n) is 1.86. The zero-order valence-corrected chi connectivity index (χ0v) is 13.4. The lowest BCUT2D eigenvalue weighted by Crippen LogP contribution is -2.31. The molecule has 20 heavy (non-hydrogen) atoms. The first-order chi connectivity index (χ1) is 9.58. The van der Waals surface area contributed by atoms with E-state index in [2.05, 4.69) is 5.32 Å². The Morgan fingerprint density at radius 1 is 1.30 bits per heavy atom. The number of carbonyl (C=O) groups is 1. The lowest BCUT2D eigenvalue weighted by atomic mass is 10.0. The monoisotopic (exact) mass is 317 g/mol. The zero-order valence-electron chi connectivity index (χ0n) is 11.9. The van der Waals surface area contributed by atoms with Gasteiger partial charge in [0.05, 0.1) is 11.6 Å². The van der Waals surface area contributed by atoms with E-state index in [9.17, 15) is 4.79 Å². The summed E-state index contributed by atoms with van der Waals surface area (Å²) in [6.45, 7) is 5.17. The van der Waals surface area contributed by atoms with Crippen LogP contribution < -0.4 is 10.1 Å². The smallest absolute Gasteiger partial charge is 0.223 e. The van der Waals surface area contributed by atoms with E-state index in [0.717, 1.165) is 19.3 Å². The minimum Gasteiger partial charge on any atom is -0.492 e. The van der Waals surface area contributed by atoms with Gasteiger partial charge in [-0.1, -0.05) is 37.0 Å². The quantitative estimate of drug-likeness (QED) is 0.725. The van der Waals surface area contributed by atoms with Crippen molar-refractivity contribution in [1.82, 2.24) is 5.32 Å². The molecule has 112 valence electrons. The number of ether oxygens (including phenoxy) is 1. The van der Waals surface area contributed by atoms with Gasteiger partial charge < -0.3 is 10.1 Å². The molecule has 0 fully saturated rings. The third-order valence-electron chi connectivity index (χ3n) is 3.13. The van der Waals surface area contributed by atoms with Crippen molar-refractivity contribution in [1.29, 1.82) is 0 Å². The molecule has 1 aromatic carbocycles. The standard InChI is InChI=1S/C15H21Cl2NO2/c1-3-11(4-2)15(19)18-8-5-9-20-14-7-6-12(16)10-13(14)17/h6-7,10-11H,3-5,8-9H2,1-2H3,(H,18,19). The molecule has 0 aliphatic rings. The van der Waals surface area contributed by atoms with Crippen LogP contribution in [0.25, 0.3) is 0 Å². The minimum absolute atomic E-state index is 0.113. The third-order valence-corrected chi connectivity index (χ3v) is 3.66. The van der Waals surface area contributed by atoms with Gasteiger partial charge >= 0.3 is 0 Å². The van der Waals surface area contributed by atoms with Crippen molar-refractivity contribution in [2.24, 2.45) is 5.92 Å². The Morgan fingerprint density at radius 2 is 2.00 bits per heavy atom. The summed E-state index contributed by atoms with van der Waals surface area (Å²) in [5.74, 6) is 0.850. The molecule has 0 aromatic heterocycles. The molecule has 3 nitrogen and oxygen atoms in total. The molecule has 0 saturated heterocycles. The lowest BCUT2D eigenvalue weighted by Gasteiger charge is -2.13. The number of nitrogens with one attached hydrogen (secondary N) is 1. The normalized spacial score (nSPS) is 10.7. The first kappa shape index (κ1) is 17.1. The van der Waals surface area contributed by atoms with Gasteiger partial charge in [0.25, 0.3) is 0 Å². The van der Waals surface area contributed by atoms with Gasteiger partial charge in [-0.2, -0.15) is 0 Å². The fraction of sp³-hybridized carbons (Fsp3) is 0.533. The Bertz CT molecular complexity index is 434. The Kier molecular flexibility index (Phi) is 7.78. The maximum atomic E-state index is 11.7. The Labute approximate surface area is 130 Å². The number of benzene rings is 1. The Balaban J connectivity index is 2.23. The van der Waals surface area contributed by atoms with Crippen molar-refractivity contribution in [2.45, 2.75) is 33.1 Å². The van der Waals surface area contributed by atoms with Crippen LogP contribution in [-0.2, 0) is 4.79 Å². The van der Waals surface area contributed by atoms with Crippen LogP contribution in [-0.4, -0.2) is 19.1 Å². The van der Waals surface area contributed by atoms with E-state index in [0.29, 0.717) is 28.9 Å². The van der Waals surface area contributed by atoms with Crippen molar-refractivity contribution in [3.8, 4) is 5.75 Å². The third kappa shape index (κ3) is 5.59. The predicted molar refractivity (Wildman–Crippen MR) is 83.7 cm³/mol. The van der Waals surface area contributed by atoms with Gasteiger partial charge in [0, 0.05) is 17.5 Å². The molecular formula is C15H21Cl2NO2. The average Bonchev–Trinajstić information content (AvgIpc) is 2.42. The van der Waals surface area contributed by atoms with E-state index in [-0.39, 0.29) is 11.8 Å². The van der Waals surface area contributed by atoms with Crippen LogP contribution in [0.2, 0.25) is 10.0 Å².